The molecule has 0 aliphatic carbocycles. The molecule has 0 radical (unpaired) electrons. The molecule has 0 aliphatic rings. The van der Waals surface area contributed by atoms with E-state index in [1.165, 1.54) is 5.56 Å². The molecule has 23 heavy (non-hydrogen) atoms. The van der Waals surface area contributed by atoms with E-state index >= 15 is 0 Å². The van der Waals surface area contributed by atoms with E-state index in [2.05, 4.69) is 26.8 Å². The van der Waals surface area contributed by atoms with Crippen molar-refractivity contribution in [2.75, 3.05) is 0 Å². The summed E-state index contributed by atoms with van der Waals surface area (Å²) in [4.78, 5) is 0. The standard InChI is InChI=1S/C22H21N/c1-22(2,3)16-13-14-21-19(15-16)18-11-7-8-12-20(18)23(21)17-9-5-4-6-10-17/h4-15H,1-3H3/i4D,5D,6D,9D,10D. The first-order valence-corrected chi connectivity index (χ1v) is 7.74. The maximum absolute atomic E-state index is 8.41. The fourth-order valence-corrected chi connectivity index (χ4v) is 3.04. The van der Waals surface area contributed by atoms with Gasteiger partial charge in [-0.2, -0.15) is 0 Å². The van der Waals surface area contributed by atoms with Crippen LogP contribution in [0.15, 0.2) is 72.7 Å². The summed E-state index contributed by atoms with van der Waals surface area (Å²) in [6, 6.07) is 12.5. The van der Waals surface area contributed by atoms with E-state index in [4.69, 9.17) is 6.85 Å². The van der Waals surface area contributed by atoms with Crippen molar-refractivity contribution in [2.45, 2.75) is 26.2 Å². The van der Waals surface area contributed by atoms with Crippen molar-refractivity contribution < 1.29 is 6.85 Å². The predicted molar refractivity (Wildman–Crippen MR) is 99.5 cm³/mol. The van der Waals surface area contributed by atoms with Crippen molar-refractivity contribution in [1.82, 2.24) is 4.57 Å². The molecule has 4 aromatic rings. The second-order valence-electron chi connectivity index (χ2n) is 6.81. The third-order valence-corrected chi connectivity index (χ3v) is 4.25. The third-order valence-electron chi connectivity index (χ3n) is 4.25. The molecule has 3 aromatic carbocycles. The SMILES string of the molecule is [2H]c1c([2H])c([2H])c(-n2c3ccccc3c3cc(C(C)(C)C)ccc32)c([2H])c1[2H]. The van der Waals surface area contributed by atoms with Crippen LogP contribution >= 0.6 is 0 Å². The molecule has 0 bridgehead atoms. The molecule has 114 valence electrons. The fraction of sp³-hybridized carbons (Fsp3) is 0.182. The van der Waals surface area contributed by atoms with E-state index in [1.807, 2.05) is 36.4 Å². The Morgan fingerprint density at radius 1 is 0.826 bits per heavy atom. The summed E-state index contributed by atoms with van der Waals surface area (Å²) in [5.41, 5.74) is 2.99. The second-order valence-corrected chi connectivity index (χ2v) is 6.81. The van der Waals surface area contributed by atoms with E-state index in [0.717, 1.165) is 21.8 Å². The van der Waals surface area contributed by atoms with Gasteiger partial charge in [-0.15, -0.1) is 0 Å². The number of rotatable bonds is 1. The molecule has 0 aliphatic heterocycles. The van der Waals surface area contributed by atoms with Gasteiger partial charge in [0.25, 0.3) is 0 Å². The Morgan fingerprint density at radius 2 is 1.52 bits per heavy atom. The lowest BCUT2D eigenvalue weighted by molar-refractivity contribution is 0.591. The highest BCUT2D eigenvalue weighted by Gasteiger charge is 2.17. The highest BCUT2D eigenvalue weighted by molar-refractivity contribution is 6.09. The van der Waals surface area contributed by atoms with Crippen LogP contribution in [0.25, 0.3) is 27.5 Å². The van der Waals surface area contributed by atoms with Crippen LogP contribution in [0.1, 0.15) is 33.2 Å². The van der Waals surface area contributed by atoms with Crippen LogP contribution in [-0.2, 0) is 5.41 Å². The maximum atomic E-state index is 8.41. The lowest BCUT2D eigenvalue weighted by Crippen LogP contribution is -2.10. The molecule has 1 aromatic heterocycles. The number of fused-ring (bicyclic) bond motifs is 3. The minimum atomic E-state index is -0.380. The van der Waals surface area contributed by atoms with Gasteiger partial charge in [0.15, 0.2) is 0 Å². The van der Waals surface area contributed by atoms with Crippen molar-refractivity contribution in [1.29, 1.82) is 0 Å². The van der Waals surface area contributed by atoms with Crippen molar-refractivity contribution in [3.63, 3.8) is 0 Å². The van der Waals surface area contributed by atoms with Gasteiger partial charge >= 0.3 is 0 Å². The molecule has 4 rings (SSSR count). The van der Waals surface area contributed by atoms with Crippen molar-refractivity contribution in [3.05, 3.63) is 78.2 Å². The zero-order chi connectivity index (χ0) is 20.4. The lowest BCUT2D eigenvalue weighted by Gasteiger charge is -2.19. The highest BCUT2D eigenvalue weighted by Crippen LogP contribution is 2.34. The zero-order valence-corrected chi connectivity index (χ0v) is 13.5. The highest BCUT2D eigenvalue weighted by atomic mass is 15.0. The first-order chi connectivity index (χ1) is 13.1. The zero-order valence-electron chi connectivity index (χ0n) is 18.5. The van der Waals surface area contributed by atoms with E-state index in [0.29, 0.717) is 0 Å². The van der Waals surface area contributed by atoms with Crippen LogP contribution in [0.5, 0.6) is 0 Å². The molecule has 1 nitrogen and oxygen atoms in total. The van der Waals surface area contributed by atoms with Crippen LogP contribution in [0, 0.1) is 0 Å². The molecule has 1 heterocycles. The number of aromatic nitrogens is 1. The van der Waals surface area contributed by atoms with Crippen LogP contribution in [0.3, 0.4) is 0 Å². The Kier molecular flexibility index (Phi) is 2.07. The van der Waals surface area contributed by atoms with E-state index in [9.17, 15) is 0 Å². The number of nitrogens with zero attached hydrogens (tertiary/aromatic N) is 1. The predicted octanol–water partition coefficient (Wildman–Crippen LogP) is 6.08. The molecule has 0 saturated heterocycles. The van der Waals surface area contributed by atoms with E-state index < -0.39 is 0 Å². The van der Waals surface area contributed by atoms with Crippen LogP contribution in [0.2, 0.25) is 0 Å². The Balaban J connectivity index is 2.20. The van der Waals surface area contributed by atoms with Gasteiger partial charge in [0.05, 0.1) is 17.9 Å². The van der Waals surface area contributed by atoms with Gasteiger partial charge in [-0.3, -0.25) is 0 Å². The minimum Gasteiger partial charge on any atom is -0.309 e. The smallest absolute Gasteiger partial charge is 0.0645 e. The van der Waals surface area contributed by atoms with Crippen molar-refractivity contribution in [2.24, 2.45) is 0 Å². The Hall–Kier alpha value is -2.54. The fourth-order valence-electron chi connectivity index (χ4n) is 3.04. The van der Waals surface area contributed by atoms with Crippen LogP contribution in [-0.4, -0.2) is 4.57 Å². The molecular formula is C22H21N. The number of hydrogen-bond donors (Lipinski definition) is 0. The second kappa shape index (κ2) is 4.99. The monoisotopic (exact) mass is 304 g/mol. The average molecular weight is 304 g/mol. The van der Waals surface area contributed by atoms with Gasteiger partial charge in [0.1, 0.15) is 0 Å². The molecule has 0 amide bonds. The average Bonchev–Trinajstić information content (AvgIpc) is 2.98. The topological polar surface area (TPSA) is 4.93 Å². The summed E-state index contributed by atoms with van der Waals surface area (Å²) in [6.07, 6.45) is 0. The van der Waals surface area contributed by atoms with Gasteiger partial charge in [0, 0.05) is 16.5 Å². The molecule has 1 heteroatoms. The molecule has 0 N–H and O–H groups in total. The van der Waals surface area contributed by atoms with Gasteiger partial charge in [-0.05, 0) is 41.3 Å². The maximum Gasteiger partial charge on any atom is 0.0645 e. The third kappa shape index (κ3) is 2.24. The molecule has 0 atom stereocenters. The molecule has 0 spiro atoms. The molecular weight excluding hydrogens is 278 g/mol. The summed E-state index contributed by atoms with van der Waals surface area (Å²) in [7, 11) is 0. The summed E-state index contributed by atoms with van der Waals surface area (Å²) in [5.74, 6) is 0. The van der Waals surface area contributed by atoms with Gasteiger partial charge < -0.3 is 4.57 Å². The largest absolute Gasteiger partial charge is 0.309 e. The molecule has 0 unspecified atom stereocenters. The lowest BCUT2D eigenvalue weighted by atomic mass is 9.86. The van der Waals surface area contributed by atoms with Gasteiger partial charge in [-0.25, -0.2) is 0 Å². The Labute approximate surface area is 144 Å². The first-order valence-electron chi connectivity index (χ1n) is 10.2. The number of benzene rings is 3. The normalized spacial score (nSPS) is 15.2. The van der Waals surface area contributed by atoms with Crippen molar-refractivity contribution in [3.8, 4) is 5.69 Å². The summed E-state index contributed by atoms with van der Waals surface area (Å²) in [6.45, 7) is 6.47. The van der Waals surface area contributed by atoms with E-state index in [-0.39, 0.29) is 41.3 Å². The Morgan fingerprint density at radius 3 is 2.26 bits per heavy atom. The molecule has 0 saturated carbocycles. The van der Waals surface area contributed by atoms with Gasteiger partial charge in [0.2, 0.25) is 0 Å². The number of para-hydroxylation sites is 2. The summed E-state index contributed by atoms with van der Waals surface area (Å²) in [5, 5.41) is 2.00. The van der Waals surface area contributed by atoms with Crippen molar-refractivity contribution >= 4 is 21.8 Å². The quantitative estimate of drug-likeness (QED) is 0.401. The summed E-state index contributed by atoms with van der Waals surface area (Å²) >= 11 is 0. The summed E-state index contributed by atoms with van der Waals surface area (Å²) < 4.78 is 42.6. The van der Waals surface area contributed by atoms with E-state index in [1.54, 1.807) is 4.57 Å². The minimum absolute atomic E-state index is 0.0197. The first kappa shape index (κ1) is 9.57. The van der Waals surface area contributed by atoms with Crippen LogP contribution < -0.4 is 0 Å². The number of hydrogen-bond acceptors (Lipinski definition) is 0. The van der Waals surface area contributed by atoms with Crippen LogP contribution in [0.4, 0.5) is 0 Å². The van der Waals surface area contributed by atoms with Gasteiger partial charge in [-0.1, -0.05) is 63.2 Å². The molecule has 0 fully saturated rings. The Bertz CT molecular complexity index is 1220.